The Hall–Kier alpha value is -4.72. The molecular weight excluding hydrogens is 608 g/mol. The van der Waals surface area contributed by atoms with Crippen molar-refractivity contribution in [2.24, 2.45) is 0 Å². The van der Waals surface area contributed by atoms with Crippen LogP contribution in [0.1, 0.15) is 47.2 Å². The van der Waals surface area contributed by atoms with E-state index in [0.717, 1.165) is 4.47 Å². The topological polar surface area (TPSA) is 0 Å². The zero-order valence-electron chi connectivity index (χ0n) is 25.2. The maximum absolute atomic E-state index is 3.73. The molecule has 0 aliphatic heterocycles. The molecule has 0 saturated carbocycles. The molecular formula is C44H29Br. The van der Waals surface area contributed by atoms with E-state index < -0.39 is 0 Å². The van der Waals surface area contributed by atoms with Gasteiger partial charge in [0.25, 0.3) is 0 Å². The molecule has 212 valence electrons. The molecule has 0 amide bonds. The first-order valence-electron chi connectivity index (χ1n) is 15.8. The SMILES string of the molecule is CC1(C)c2cc(Br)ccc2-c2ccc(-c3cc4c(c5ccccc35)-c3ccccc3C43c4ccccc4-c4ccccc43)cc21. The van der Waals surface area contributed by atoms with Crippen LogP contribution in [-0.2, 0) is 10.8 Å². The highest BCUT2D eigenvalue weighted by Gasteiger charge is 2.52. The van der Waals surface area contributed by atoms with Crippen molar-refractivity contribution in [2.45, 2.75) is 24.7 Å². The Balaban J connectivity index is 1.32. The van der Waals surface area contributed by atoms with Crippen LogP contribution in [0.4, 0.5) is 0 Å². The van der Waals surface area contributed by atoms with Crippen molar-refractivity contribution in [1.82, 2.24) is 0 Å². The smallest absolute Gasteiger partial charge is 0.0619 e. The van der Waals surface area contributed by atoms with Crippen molar-refractivity contribution in [3.63, 3.8) is 0 Å². The highest BCUT2D eigenvalue weighted by molar-refractivity contribution is 9.10. The van der Waals surface area contributed by atoms with Gasteiger partial charge in [0.05, 0.1) is 5.41 Å². The van der Waals surface area contributed by atoms with Crippen molar-refractivity contribution < 1.29 is 0 Å². The van der Waals surface area contributed by atoms with Crippen molar-refractivity contribution >= 4 is 26.7 Å². The van der Waals surface area contributed by atoms with E-state index in [2.05, 4.69) is 169 Å². The highest BCUT2D eigenvalue weighted by Crippen LogP contribution is 2.64. The lowest BCUT2D eigenvalue weighted by Crippen LogP contribution is -2.25. The minimum absolute atomic E-state index is 0.0855. The normalized spacial score (nSPS) is 15.4. The summed E-state index contributed by atoms with van der Waals surface area (Å²) in [7, 11) is 0. The van der Waals surface area contributed by atoms with Gasteiger partial charge in [0.15, 0.2) is 0 Å². The Morgan fingerprint density at radius 2 is 0.911 bits per heavy atom. The molecule has 0 N–H and O–H groups in total. The van der Waals surface area contributed by atoms with Gasteiger partial charge in [-0.3, -0.25) is 0 Å². The van der Waals surface area contributed by atoms with E-state index in [0.29, 0.717) is 0 Å². The van der Waals surface area contributed by atoms with Crippen molar-refractivity contribution in [1.29, 1.82) is 0 Å². The molecule has 0 heterocycles. The molecule has 1 spiro atoms. The first-order chi connectivity index (χ1) is 22.0. The molecule has 0 fully saturated rings. The van der Waals surface area contributed by atoms with Crippen LogP contribution < -0.4 is 0 Å². The summed E-state index contributed by atoms with van der Waals surface area (Å²) >= 11 is 3.73. The quantitative estimate of drug-likeness (QED) is 0.168. The molecule has 0 aromatic heterocycles. The monoisotopic (exact) mass is 636 g/mol. The van der Waals surface area contributed by atoms with Crippen LogP contribution in [0.2, 0.25) is 0 Å². The van der Waals surface area contributed by atoms with E-state index >= 15 is 0 Å². The van der Waals surface area contributed by atoms with E-state index in [1.807, 2.05) is 0 Å². The largest absolute Gasteiger partial charge is 0.0725 e. The fourth-order valence-electron chi connectivity index (χ4n) is 9.07. The van der Waals surface area contributed by atoms with Gasteiger partial charge in [-0.25, -0.2) is 0 Å². The van der Waals surface area contributed by atoms with E-state index in [4.69, 9.17) is 0 Å². The van der Waals surface area contributed by atoms with Crippen molar-refractivity contribution in [2.75, 3.05) is 0 Å². The average Bonchev–Trinajstić information content (AvgIpc) is 3.63. The van der Waals surface area contributed by atoms with Crippen LogP contribution >= 0.6 is 15.9 Å². The lowest BCUT2D eigenvalue weighted by Gasteiger charge is -2.31. The molecule has 7 aromatic carbocycles. The minimum atomic E-state index is -0.365. The highest BCUT2D eigenvalue weighted by atomic mass is 79.9. The second kappa shape index (κ2) is 8.71. The maximum atomic E-state index is 3.73. The predicted molar refractivity (Wildman–Crippen MR) is 191 cm³/mol. The summed E-state index contributed by atoms with van der Waals surface area (Å²) in [5.41, 5.74) is 18.5. The van der Waals surface area contributed by atoms with E-state index in [9.17, 15) is 0 Å². The van der Waals surface area contributed by atoms with Crippen molar-refractivity contribution in [3.8, 4) is 44.5 Å². The molecule has 3 aliphatic rings. The molecule has 0 atom stereocenters. The average molecular weight is 638 g/mol. The molecule has 3 aliphatic carbocycles. The van der Waals surface area contributed by atoms with Gasteiger partial charge in [0, 0.05) is 9.89 Å². The number of fused-ring (bicyclic) bond motifs is 15. The van der Waals surface area contributed by atoms with Gasteiger partial charge in [-0.2, -0.15) is 0 Å². The van der Waals surface area contributed by atoms with Crippen LogP contribution in [0.3, 0.4) is 0 Å². The van der Waals surface area contributed by atoms with Gasteiger partial charge in [-0.05, 0) is 113 Å². The number of rotatable bonds is 1. The third-order valence-corrected chi connectivity index (χ3v) is 11.4. The molecule has 45 heavy (non-hydrogen) atoms. The zero-order valence-corrected chi connectivity index (χ0v) is 26.7. The summed E-state index contributed by atoms with van der Waals surface area (Å²) in [4.78, 5) is 0. The van der Waals surface area contributed by atoms with Gasteiger partial charge in [-0.15, -0.1) is 0 Å². The minimum Gasteiger partial charge on any atom is -0.0619 e. The van der Waals surface area contributed by atoms with Gasteiger partial charge in [-0.1, -0.05) is 145 Å². The summed E-state index contributed by atoms with van der Waals surface area (Å²) in [6.07, 6.45) is 0. The summed E-state index contributed by atoms with van der Waals surface area (Å²) in [6, 6.07) is 52.8. The Bertz CT molecular complexity index is 2380. The summed E-state index contributed by atoms with van der Waals surface area (Å²) in [5, 5.41) is 2.63. The third-order valence-electron chi connectivity index (χ3n) is 11.0. The zero-order chi connectivity index (χ0) is 30.1. The lowest BCUT2D eigenvalue weighted by molar-refractivity contribution is 0.660. The Morgan fingerprint density at radius 1 is 0.400 bits per heavy atom. The fourth-order valence-corrected chi connectivity index (χ4v) is 9.43. The standard InChI is InChI=1S/C44H29Br/c1-43(2)39-23-26(19-21-31(39)32-22-20-27(45)24-40(32)43)35-25-41-42(33-14-4-3-11-28(33)35)34-15-7-10-18-38(34)44(41)36-16-8-5-12-29(36)30-13-6-9-17-37(30)44/h3-25H,1-2H3. The van der Waals surface area contributed by atoms with E-state index in [1.54, 1.807) is 0 Å². The van der Waals surface area contributed by atoms with Crippen LogP contribution in [-0.4, -0.2) is 0 Å². The molecule has 0 bridgehead atoms. The molecule has 0 unspecified atom stereocenters. The molecule has 7 aromatic rings. The van der Waals surface area contributed by atoms with Crippen LogP contribution in [0, 0.1) is 0 Å². The number of halogens is 1. The molecule has 0 nitrogen and oxygen atoms in total. The van der Waals surface area contributed by atoms with Gasteiger partial charge in [0.1, 0.15) is 0 Å². The number of benzene rings is 7. The molecule has 0 saturated heterocycles. The summed E-state index contributed by atoms with van der Waals surface area (Å²) in [5.74, 6) is 0. The second-order valence-electron chi connectivity index (χ2n) is 13.4. The molecule has 0 radical (unpaired) electrons. The first-order valence-corrected chi connectivity index (χ1v) is 16.6. The number of hydrogen-bond acceptors (Lipinski definition) is 0. The van der Waals surface area contributed by atoms with Crippen LogP contribution in [0.25, 0.3) is 55.3 Å². The lowest BCUT2D eigenvalue weighted by atomic mass is 9.70. The Kier molecular flexibility index (Phi) is 4.95. The maximum Gasteiger partial charge on any atom is 0.0725 e. The van der Waals surface area contributed by atoms with E-state index in [1.165, 1.54) is 88.7 Å². The molecule has 10 rings (SSSR count). The van der Waals surface area contributed by atoms with Gasteiger partial charge < -0.3 is 0 Å². The van der Waals surface area contributed by atoms with Crippen molar-refractivity contribution in [3.05, 3.63) is 177 Å². The van der Waals surface area contributed by atoms with Crippen LogP contribution in [0.5, 0.6) is 0 Å². The summed E-state index contributed by atoms with van der Waals surface area (Å²) < 4.78 is 1.13. The molecule has 1 heteroatoms. The number of hydrogen-bond donors (Lipinski definition) is 0. The fraction of sp³-hybridized carbons (Fsp3) is 0.0909. The predicted octanol–water partition coefficient (Wildman–Crippen LogP) is 11.9. The Labute approximate surface area is 272 Å². The van der Waals surface area contributed by atoms with Crippen LogP contribution in [0.15, 0.2) is 144 Å². The second-order valence-corrected chi connectivity index (χ2v) is 14.3. The van der Waals surface area contributed by atoms with Gasteiger partial charge >= 0.3 is 0 Å². The first kappa shape index (κ1) is 25.6. The summed E-state index contributed by atoms with van der Waals surface area (Å²) in [6.45, 7) is 4.74. The van der Waals surface area contributed by atoms with E-state index in [-0.39, 0.29) is 10.8 Å². The van der Waals surface area contributed by atoms with Gasteiger partial charge in [0.2, 0.25) is 0 Å². The third kappa shape index (κ3) is 3.07. The Morgan fingerprint density at radius 3 is 1.60 bits per heavy atom.